The van der Waals surface area contributed by atoms with E-state index in [0.717, 1.165) is 35.7 Å². The minimum absolute atomic E-state index is 0.0600. The Hall–Kier alpha value is -2.52. The van der Waals surface area contributed by atoms with Crippen molar-refractivity contribution >= 4 is 44.0 Å². The molecule has 2 saturated heterocycles. The Morgan fingerprint density at radius 2 is 1.76 bits per heavy atom. The molecule has 2 aliphatic heterocycles. The maximum Gasteiger partial charge on any atom is 0.245 e. The zero-order valence-corrected chi connectivity index (χ0v) is 20.2. The Morgan fingerprint density at radius 1 is 1.00 bits per heavy atom. The third-order valence-corrected chi connectivity index (χ3v) is 8.46. The molecule has 2 atom stereocenters. The summed E-state index contributed by atoms with van der Waals surface area (Å²) in [4.78, 5) is 16.6. The minimum Gasteiger partial charge on any atom is -0.308 e. The number of sulfonamides is 1. The fraction of sp³-hybridized carbons (Fsp3) is 0.320. The molecule has 3 aromatic rings. The second kappa shape index (κ2) is 8.92. The molecule has 3 aromatic carbocycles. The van der Waals surface area contributed by atoms with Gasteiger partial charge in [-0.05, 0) is 85.6 Å². The van der Waals surface area contributed by atoms with E-state index >= 15 is 4.39 Å². The normalized spacial score (nSPS) is 21.6. The summed E-state index contributed by atoms with van der Waals surface area (Å²) >= 11 is 6.00. The fourth-order valence-corrected chi connectivity index (χ4v) is 6.37. The number of hydrogen-bond donors (Lipinski definition) is 1. The van der Waals surface area contributed by atoms with Gasteiger partial charge in [0.2, 0.25) is 15.9 Å². The van der Waals surface area contributed by atoms with Crippen LogP contribution in [0.25, 0.3) is 10.8 Å². The van der Waals surface area contributed by atoms with Crippen LogP contribution in [0, 0.1) is 5.82 Å². The molecule has 1 amide bonds. The van der Waals surface area contributed by atoms with Crippen molar-refractivity contribution < 1.29 is 17.6 Å². The molecule has 0 bridgehead atoms. The highest BCUT2D eigenvalue weighted by Gasteiger charge is 2.37. The standard InChI is InChI=1S/C25H25ClFN3O3S/c1-29-11-2-3-23(29)18-6-9-24(21(27)15-18)30-12-10-22(25(30)31)28-34(32,33)20-8-5-16-13-19(26)7-4-17(16)14-20/h4-9,13-15,22-23,28H,2-3,10-12H2,1H3/t22-,23?/m0/s1. The third-order valence-electron chi connectivity index (χ3n) is 6.75. The molecule has 0 saturated carbocycles. The van der Waals surface area contributed by atoms with Crippen LogP contribution in [-0.4, -0.2) is 45.4 Å². The summed E-state index contributed by atoms with van der Waals surface area (Å²) < 4.78 is 43.5. The summed E-state index contributed by atoms with van der Waals surface area (Å²) in [5.41, 5.74) is 1.07. The van der Waals surface area contributed by atoms with Gasteiger partial charge < -0.3 is 4.90 Å². The molecule has 9 heteroatoms. The fourth-order valence-electron chi connectivity index (χ4n) is 4.93. The van der Waals surface area contributed by atoms with Crippen LogP contribution in [0.4, 0.5) is 10.1 Å². The zero-order chi connectivity index (χ0) is 24.0. The topological polar surface area (TPSA) is 69.7 Å². The summed E-state index contributed by atoms with van der Waals surface area (Å²) in [6.07, 6.45) is 2.30. The predicted octanol–water partition coefficient (Wildman–Crippen LogP) is 4.48. The number of rotatable bonds is 5. The molecule has 2 heterocycles. The number of nitrogens with zero attached hydrogens (tertiary/aromatic N) is 2. The summed E-state index contributed by atoms with van der Waals surface area (Å²) in [6.45, 7) is 1.22. The number of carbonyl (C=O) groups excluding carboxylic acids is 1. The van der Waals surface area contributed by atoms with Crippen LogP contribution in [0.1, 0.15) is 30.9 Å². The third kappa shape index (κ3) is 4.31. The molecule has 2 fully saturated rings. The van der Waals surface area contributed by atoms with E-state index in [1.54, 1.807) is 36.4 Å². The highest BCUT2D eigenvalue weighted by Crippen LogP contribution is 2.34. The van der Waals surface area contributed by atoms with Crippen LogP contribution >= 0.6 is 11.6 Å². The van der Waals surface area contributed by atoms with Crippen molar-refractivity contribution in [2.24, 2.45) is 0 Å². The van der Waals surface area contributed by atoms with E-state index in [9.17, 15) is 13.2 Å². The number of benzene rings is 3. The Bertz CT molecular complexity index is 1380. The molecule has 0 aliphatic carbocycles. The van der Waals surface area contributed by atoms with Crippen molar-refractivity contribution in [1.82, 2.24) is 9.62 Å². The van der Waals surface area contributed by atoms with Gasteiger partial charge in [0.1, 0.15) is 11.9 Å². The number of hydrogen-bond acceptors (Lipinski definition) is 4. The largest absolute Gasteiger partial charge is 0.308 e. The average molecular weight is 502 g/mol. The van der Waals surface area contributed by atoms with Crippen LogP contribution in [0.5, 0.6) is 0 Å². The Kier molecular flexibility index (Phi) is 6.10. The monoisotopic (exact) mass is 501 g/mol. The molecule has 178 valence electrons. The second-order valence-corrected chi connectivity index (χ2v) is 11.1. The molecule has 1 unspecified atom stereocenters. The number of halogens is 2. The lowest BCUT2D eigenvalue weighted by atomic mass is 10.0. The lowest BCUT2D eigenvalue weighted by Gasteiger charge is -2.22. The molecule has 1 N–H and O–H groups in total. The lowest BCUT2D eigenvalue weighted by molar-refractivity contribution is -0.118. The molecule has 6 nitrogen and oxygen atoms in total. The molecular formula is C25H25ClFN3O3S. The van der Waals surface area contributed by atoms with Crippen LogP contribution in [0.2, 0.25) is 5.02 Å². The van der Waals surface area contributed by atoms with E-state index in [0.29, 0.717) is 5.02 Å². The van der Waals surface area contributed by atoms with Gasteiger partial charge in [-0.1, -0.05) is 29.8 Å². The summed E-state index contributed by atoms with van der Waals surface area (Å²) in [5, 5.41) is 2.10. The van der Waals surface area contributed by atoms with Gasteiger partial charge in [0.05, 0.1) is 10.6 Å². The number of carbonyl (C=O) groups is 1. The van der Waals surface area contributed by atoms with Gasteiger partial charge in [0.25, 0.3) is 0 Å². The van der Waals surface area contributed by atoms with E-state index < -0.39 is 27.8 Å². The summed E-state index contributed by atoms with van der Waals surface area (Å²) in [7, 11) is -1.92. The van der Waals surface area contributed by atoms with Gasteiger partial charge in [0.15, 0.2) is 0 Å². The van der Waals surface area contributed by atoms with E-state index in [4.69, 9.17) is 11.6 Å². The highest BCUT2D eigenvalue weighted by atomic mass is 35.5. The SMILES string of the molecule is CN1CCCC1c1ccc(N2CC[C@H](NS(=O)(=O)c3ccc4cc(Cl)ccc4c3)C2=O)c(F)c1. The first kappa shape index (κ1) is 23.2. The quantitative estimate of drug-likeness (QED) is 0.559. The average Bonchev–Trinajstić information content (AvgIpc) is 3.38. The van der Waals surface area contributed by atoms with Gasteiger partial charge in [0, 0.05) is 17.6 Å². The van der Waals surface area contributed by atoms with Crippen molar-refractivity contribution in [3.63, 3.8) is 0 Å². The van der Waals surface area contributed by atoms with Gasteiger partial charge in [-0.25, -0.2) is 12.8 Å². The smallest absolute Gasteiger partial charge is 0.245 e. The highest BCUT2D eigenvalue weighted by molar-refractivity contribution is 7.89. The molecule has 34 heavy (non-hydrogen) atoms. The van der Waals surface area contributed by atoms with Crippen LogP contribution in [0.3, 0.4) is 0 Å². The Balaban J connectivity index is 1.33. The van der Waals surface area contributed by atoms with Crippen molar-refractivity contribution in [1.29, 1.82) is 0 Å². The van der Waals surface area contributed by atoms with E-state index in [1.807, 2.05) is 13.1 Å². The maximum atomic E-state index is 15.0. The number of amides is 1. The predicted molar refractivity (Wildman–Crippen MR) is 131 cm³/mol. The first-order valence-electron chi connectivity index (χ1n) is 11.3. The van der Waals surface area contributed by atoms with Gasteiger partial charge in [-0.3, -0.25) is 9.69 Å². The maximum absolute atomic E-state index is 15.0. The van der Waals surface area contributed by atoms with E-state index in [1.165, 1.54) is 17.0 Å². The van der Waals surface area contributed by atoms with Crippen molar-refractivity contribution in [3.8, 4) is 0 Å². The Labute approximate surface area is 203 Å². The molecular weight excluding hydrogens is 477 g/mol. The minimum atomic E-state index is -3.95. The number of anilines is 1. The first-order chi connectivity index (χ1) is 16.2. The summed E-state index contributed by atoms with van der Waals surface area (Å²) in [6, 6.07) is 14.1. The van der Waals surface area contributed by atoms with Gasteiger partial charge in [-0.2, -0.15) is 4.72 Å². The van der Waals surface area contributed by atoms with Crippen LogP contribution in [-0.2, 0) is 14.8 Å². The lowest BCUT2D eigenvalue weighted by Crippen LogP contribution is -2.41. The van der Waals surface area contributed by atoms with Crippen LogP contribution < -0.4 is 9.62 Å². The number of nitrogens with one attached hydrogen (secondary N) is 1. The molecule has 5 rings (SSSR count). The van der Waals surface area contributed by atoms with Crippen molar-refractivity contribution in [2.45, 2.75) is 36.2 Å². The zero-order valence-electron chi connectivity index (χ0n) is 18.7. The second-order valence-electron chi connectivity index (χ2n) is 8.96. The van der Waals surface area contributed by atoms with Gasteiger partial charge >= 0.3 is 0 Å². The molecule has 2 aliphatic rings. The number of likely N-dealkylation sites (tertiary alicyclic amines) is 1. The van der Waals surface area contributed by atoms with E-state index in [2.05, 4.69) is 9.62 Å². The number of fused-ring (bicyclic) bond motifs is 1. The van der Waals surface area contributed by atoms with Gasteiger partial charge in [-0.15, -0.1) is 0 Å². The van der Waals surface area contributed by atoms with Crippen molar-refractivity contribution in [2.75, 3.05) is 25.0 Å². The Morgan fingerprint density at radius 3 is 2.50 bits per heavy atom. The van der Waals surface area contributed by atoms with Crippen molar-refractivity contribution in [3.05, 3.63) is 71.0 Å². The first-order valence-corrected chi connectivity index (χ1v) is 13.1. The molecule has 0 aromatic heterocycles. The van der Waals surface area contributed by atoms with E-state index in [-0.39, 0.29) is 29.6 Å². The van der Waals surface area contributed by atoms with Crippen LogP contribution in [0.15, 0.2) is 59.5 Å². The summed E-state index contributed by atoms with van der Waals surface area (Å²) in [5.74, 6) is -0.927. The molecule has 0 radical (unpaired) electrons. The molecule has 0 spiro atoms.